The third kappa shape index (κ3) is 9.68. The van der Waals surface area contributed by atoms with Crippen molar-refractivity contribution in [3.05, 3.63) is 0 Å². The van der Waals surface area contributed by atoms with E-state index in [2.05, 4.69) is 39.5 Å². The van der Waals surface area contributed by atoms with Crippen LogP contribution < -0.4 is 0 Å². The number of ether oxygens (including phenoxy) is 2. The molecule has 1 aliphatic heterocycles. The van der Waals surface area contributed by atoms with E-state index in [1.807, 2.05) is 0 Å². The highest BCUT2D eigenvalue weighted by atomic mass is 32.2. The standard InChI is InChI=1S/C22H44O2S/c1-5-9-11-20(7-3)15-23-17-22(13-14-25-19-22)18-24-16-21(8-4)12-10-6-2/h20-21H,5-19H2,1-4H3. The number of unbranched alkanes of at least 4 members (excludes halogenated alkanes) is 2. The zero-order valence-corrected chi connectivity index (χ0v) is 18.3. The van der Waals surface area contributed by atoms with E-state index >= 15 is 0 Å². The molecule has 0 spiro atoms. The van der Waals surface area contributed by atoms with Gasteiger partial charge in [-0.15, -0.1) is 0 Å². The zero-order chi connectivity index (χ0) is 18.4. The van der Waals surface area contributed by atoms with Gasteiger partial charge >= 0.3 is 0 Å². The van der Waals surface area contributed by atoms with Gasteiger partial charge in [0, 0.05) is 24.4 Å². The van der Waals surface area contributed by atoms with Crippen molar-refractivity contribution in [3.63, 3.8) is 0 Å². The molecule has 1 saturated heterocycles. The summed E-state index contributed by atoms with van der Waals surface area (Å²) < 4.78 is 12.5. The van der Waals surface area contributed by atoms with E-state index in [9.17, 15) is 0 Å². The topological polar surface area (TPSA) is 18.5 Å². The monoisotopic (exact) mass is 372 g/mol. The predicted octanol–water partition coefficient (Wildman–Crippen LogP) is 6.58. The summed E-state index contributed by atoms with van der Waals surface area (Å²) in [6, 6.07) is 0. The smallest absolute Gasteiger partial charge is 0.0552 e. The van der Waals surface area contributed by atoms with Crippen LogP contribution in [-0.2, 0) is 9.47 Å². The minimum atomic E-state index is 0.275. The van der Waals surface area contributed by atoms with Crippen LogP contribution in [0.4, 0.5) is 0 Å². The van der Waals surface area contributed by atoms with E-state index in [0.29, 0.717) is 0 Å². The Morgan fingerprint density at radius 1 is 0.840 bits per heavy atom. The second kappa shape index (κ2) is 14.3. The average molecular weight is 373 g/mol. The molecular formula is C22H44O2S. The maximum absolute atomic E-state index is 6.23. The van der Waals surface area contributed by atoms with Crippen molar-refractivity contribution in [2.24, 2.45) is 17.3 Å². The van der Waals surface area contributed by atoms with Crippen molar-refractivity contribution in [2.75, 3.05) is 37.9 Å². The molecule has 0 aliphatic carbocycles. The Bertz CT molecular complexity index is 278. The van der Waals surface area contributed by atoms with Gasteiger partial charge in [0.2, 0.25) is 0 Å². The van der Waals surface area contributed by atoms with E-state index in [0.717, 1.165) is 38.3 Å². The maximum Gasteiger partial charge on any atom is 0.0552 e. The molecule has 2 unspecified atom stereocenters. The summed E-state index contributed by atoms with van der Waals surface area (Å²) in [5.74, 6) is 3.97. The van der Waals surface area contributed by atoms with E-state index in [4.69, 9.17) is 9.47 Å². The molecule has 0 radical (unpaired) electrons. The first-order valence-corrected chi connectivity index (χ1v) is 12.1. The lowest BCUT2D eigenvalue weighted by atomic mass is 9.89. The molecule has 0 N–H and O–H groups in total. The molecule has 2 nitrogen and oxygen atoms in total. The summed E-state index contributed by atoms with van der Waals surface area (Å²) in [5.41, 5.74) is 0.275. The molecule has 0 aromatic rings. The largest absolute Gasteiger partial charge is 0.380 e. The van der Waals surface area contributed by atoms with Gasteiger partial charge in [0.25, 0.3) is 0 Å². The summed E-state index contributed by atoms with van der Waals surface area (Å²) in [6.07, 6.45) is 11.6. The summed E-state index contributed by atoms with van der Waals surface area (Å²) in [6.45, 7) is 12.8. The molecule has 25 heavy (non-hydrogen) atoms. The summed E-state index contributed by atoms with van der Waals surface area (Å²) >= 11 is 2.08. The highest BCUT2D eigenvalue weighted by molar-refractivity contribution is 7.99. The van der Waals surface area contributed by atoms with Gasteiger partial charge in [0.15, 0.2) is 0 Å². The molecule has 0 aromatic carbocycles. The fourth-order valence-corrected chi connectivity index (χ4v) is 5.06. The lowest BCUT2D eigenvalue weighted by Crippen LogP contribution is -2.34. The van der Waals surface area contributed by atoms with Crippen LogP contribution in [0.2, 0.25) is 0 Å². The zero-order valence-electron chi connectivity index (χ0n) is 17.5. The van der Waals surface area contributed by atoms with Gasteiger partial charge in [0.05, 0.1) is 13.2 Å². The molecule has 1 heterocycles. The Morgan fingerprint density at radius 2 is 1.36 bits per heavy atom. The molecule has 3 heteroatoms. The second-order valence-corrected chi connectivity index (χ2v) is 9.27. The molecule has 150 valence electrons. The Hall–Kier alpha value is 0.270. The highest BCUT2D eigenvalue weighted by Gasteiger charge is 2.35. The molecule has 2 atom stereocenters. The van der Waals surface area contributed by atoms with Crippen LogP contribution in [0.25, 0.3) is 0 Å². The Morgan fingerprint density at radius 3 is 1.72 bits per heavy atom. The first kappa shape index (κ1) is 23.3. The summed E-state index contributed by atoms with van der Waals surface area (Å²) in [4.78, 5) is 0. The number of rotatable bonds is 16. The normalized spacial score (nSPS) is 23.0. The van der Waals surface area contributed by atoms with Crippen LogP contribution in [-0.4, -0.2) is 37.9 Å². The first-order chi connectivity index (χ1) is 12.2. The van der Waals surface area contributed by atoms with E-state index < -0.39 is 0 Å². The lowest BCUT2D eigenvalue weighted by molar-refractivity contribution is -0.0277. The second-order valence-electron chi connectivity index (χ2n) is 8.17. The van der Waals surface area contributed by atoms with Crippen molar-refractivity contribution in [1.29, 1.82) is 0 Å². The van der Waals surface area contributed by atoms with Gasteiger partial charge in [0.1, 0.15) is 0 Å². The van der Waals surface area contributed by atoms with Crippen molar-refractivity contribution < 1.29 is 9.47 Å². The van der Waals surface area contributed by atoms with Crippen LogP contribution in [0.5, 0.6) is 0 Å². The summed E-state index contributed by atoms with van der Waals surface area (Å²) in [5, 5.41) is 0. The van der Waals surface area contributed by atoms with Crippen LogP contribution in [0.3, 0.4) is 0 Å². The van der Waals surface area contributed by atoms with Gasteiger partial charge in [-0.1, -0.05) is 66.2 Å². The van der Waals surface area contributed by atoms with E-state index in [-0.39, 0.29) is 5.41 Å². The van der Waals surface area contributed by atoms with Gasteiger partial charge in [-0.05, 0) is 36.9 Å². The fraction of sp³-hybridized carbons (Fsp3) is 1.00. The van der Waals surface area contributed by atoms with Gasteiger partial charge in [-0.25, -0.2) is 0 Å². The lowest BCUT2D eigenvalue weighted by Gasteiger charge is -2.29. The first-order valence-electron chi connectivity index (χ1n) is 10.9. The van der Waals surface area contributed by atoms with Crippen molar-refractivity contribution in [1.82, 2.24) is 0 Å². The van der Waals surface area contributed by atoms with Gasteiger partial charge in [-0.3, -0.25) is 0 Å². The highest BCUT2D eigenvalue weighted by Crippen LogP contribution is 2.37. The molecule has 1 fully saturated rings. The molecule has 0 aromatic heterocycles. The Balaban J connectivity index is 2.33. The van der Waals surface area contributed by atoms with Crippen LogP contribution in [0.1, 0.15) is 85.5 Å². The van der Waals surface area contributed by atoms with Crippen LogP contribution >= 0.6 is 11.8 Å². The SMILES string of the molecule is CCCCC(CC)COCC1(COCC(CC)CCCC)CCSC1. The molecule has 0 amide bonds. The van der Waals surface area contributed by atoms with Crippen molar-refractivity contribution in [3.8, 4) is 0 Å². The van der Waals surface area contributed by atoms with E-state index in [1.165, 1.54) is 69.3 Å². The summed E-state index contributed by atoms with van der Waals surface area (Å²) in [7, 11) is 0. The molecule has 1 aliphatic rings. The Labute approximate surface area is 162 Å². The van der Waals surface area contributed by atoms with Crippen LogP contribution in [0, 0.1) is 17.3 Å². The minimum absolute atomic E-state index is 0.275. The van der Waals surface area contributed by atoms with Crippen molar-refractivity contribution in [2.45, 2.75) is 85.5 Å². The van der Waals surface area contributed by atoms with Crippen molar-refractivity contribution >= 4 is 11.8 Å². The molecule has 0 saturated carbocycles. The molecule has 0 bridgehead atoms. The third-order valence-electron chi connectivity index (χ3n) is 5.80. The molecular weight excluding hydrogens is 328 g/mol. The average Bonchev–Trinajstić information content (AvgIpc) is 3.09. The Kier molecular flexibility index (Phi) is 13.4. The third-order valence-corrected chi connectivity index (χ3v) is 7.10. The van der Waals surface area contributed by atoms with Crippen LogP contribution in [0.15, 0.2) is 0 Å². The minimum Gasteiger partial charge on any atom is -0.380 e. The number of hydrogen-bond donors (Lipinski definition) is 0. The maximum atomic E-state index is 6.23. The van der Waals surface area contributed by atoms with Gasteiger partial charge in [-0.2, -0.15) is 11.8 Å². The predicted molar refractivity (Wildman–Crippen MR) is 113 cm³/mol. The fourth-order valence-electron chi connectivity index (χ4n) is 3.60. The quantitative estimate of drug-likeness (QED) is 0.305. The van der Waals surface area contributed by atoms with Gasteiger partial charge < -0.3 is 9.47 Å². The molecule has 1 rings (SSSR count). The number of thioether (sulfide) groups is 1. The number of hydrogen-bond acceptors (Lipinski definition) is 3. The van der Waals surface area contributed by atoms with E-state index in [1.54, 1.807) is 0 Å².